The topological polar surface area (TPSA) is 117 Å². The fourth-order valence-electron chi connectivity index (χ4n) is 4.45. The van der Waals surface area contributed by atoms with E-state index in [0.717, 1.165) is 31.1 Å². The summed E-state index contributed by atoms with van der Waals surface area (Å²) in [5.74, 6) is -1.68. The number of carbonyl (C=O) groups excluding carboxylic acids is 2. The average molecular weight is 572 g/mol. The number of anilines is 1. The molecule has 1 amide bonds. The molecular formula is C26H30Cl3FN4O3. The van der Waals surface area contributed by atoms with Crippen molar-refractivity contribution in [2.45, 2.75) is 57.7 Å². The summed E-state index contributed by atoms with van der Waals surface area (Å²) in [6.45, 7) is 3.16. The Morgan fingerprint density at radius 2 is 1.76 bits per heavy atom. The normalized spacial score (nSPS) is 17.8. The van der Waals surface area contributed by atoms with Gasteiger partial charge in [0.15, 0.2) is 17.3 Å². The number of hydrogen-bond acceptors (Lipinski definition) is 6. The number of fused-ring (bicyclic) bond motifs is 1. The van der Waals surface area contributed by atoms with Crippen molar-refractivity contribution in [2.75, 3.05) is 5.32 Å². The van der Waals surface area contributed by atoms with Gasteiger partial charge >= 0.3 is 0 Å². The van der Waals surface area contributed by atoms with Gasteiger partial charge in [0.2, 0.25) is 5.91 Å². The Bertz CT molecular complexity index is 1270. The summed E-state index contributed by atoms with van der Waals surface area (Å²) < 4.78 is 14.1. The van der Waals surface area contributed by atoms with Gasteiger partial charge in [0.05, 0.1) is 27.8 Å². The minimum atomic E-state index is -0.811. The van der Waals surface area contributed by atoms with Gasteiger partial charge in [-0.2, -0.15) is 0 Å². The fourth-order valence-corrected chi connectivity index (χ4v) is 4.65. The Morgan fingerprint density at radius 1 is 1.11 bits per heavy atom. The molecule has 1 aromatic heterocycles. The maximum Gasteiger partial charge on any atom is 0.236 e. The molecule has 0 spiro atoms. The molecule has 1 saturated carbocycles. The van der Waals surface area contributed by atoms with Crippen molar-refractivity contribution in [1.82, 2.24) is 10.3 Å². The maximum absolute atomic E-state index is 14.1. The summed E-state index contributed by atoms with van der Waals surface area (Å²) in [6.07, 6.45) is 4.78. The Balaban J connectivity index is 0.00000241. The van der Waals surface area contributed by atoms with Crippen LogP contribution in [0.25, 0.3) is 22.0 Å². The third-order valence-corrected chi connectivity index (χ3v) is 6.72. The molecule has 1 atom stereocenters. The summed E-state index contributed by atoms with van der Waals surface area (Å²) in [4.78, 5) is 28.8. The molecule has 200 valence electrons. The molecule has 3 aromatic rings. The number of aromatic nitrogens is 1. The highest BCUT2D eigenvalue weighted by Crippen LogP contribution is 2.36. The first-order chi connectivity index (χ1) is 16.6. The van der Waals surface area contributed by atoms with Crippen molar-refractivity contribution < 1.29 is 19.1 Å². The molecule has 1 heterocycles. The zero-order chi connectivity index (χ0) is 25.3. The first kappa shape index (κ1) is 30.6. The zero-order valence-corrected chi connectivity index (χ0v) is 22.8. The zero-order valence-electron chi connectivity index (χ0n) is 20.4. The average Bonchev–Trinajstić information content (AvgIpc) is 2.83. The quantitative estimate of drug-likeness (QED) is 0.285. The third kappa shape index (κ3) is 6.82. The summed E-state index contributed by atoms with van der Waals surface area (Å²) in [6, 6.07) is 7.79. The smallest absolute Gasteiger partial charge is 0.236 e. The highest BCUT2D eigenvalue weighted by Gasteiger charge is 2.25. The number of nitrogens with zero attached hydrogens (tertiary/aromatic N) is 1. The molecule has 7 nitrogen and oxygen atoms in total. The number of nitrogens with two attached hydrogens (primary N) is 1. The van der Waals surface area contributed by atoms with Gasteiger partial charge in [0.25, 0.3) is 0 Å². The predicted molar refractivity (Wildman–Crippen MR) is 150 cm³/mol. The van der Waals surface area contributed by atoms with Gasteiger partial charge in [-0.3, -0.25) is 14.6 Å². The van der Waals surface area contributed by atoms with Crippen LogP contribution in [0.3, 0.4) is 0 Å². The molecule has 0 unspecified atom stereocenters. The van der Waals surface area contributed by atoms with Crippen molar-refractivity contribution in [3.8, 4) is 16.9 Å². The summed E-state index contributed by atoms with van der Waals surface area (Å²) in [5.41, 5.74) is 8.66. The van der Waals surface area contributed by atoms with Crippen LogP contribution in [0.15, 0.2) is 36.5 Å². The molecular weight excluding hydrogens is 542 g/mol. The van der Waals surface area contributed by atoms with E-state index in [0.29, 0.717) is 27.9 Å². The lowest BCUT2D eigenvalue weighted by molar-refractivity contribution is -0.122. The monoisotopic (exact) mass is 570 g/mol. The number of amides is 1. The van der Waals surface area contributed by atoms with Gasteiger partial charge in [0, 0.05) is 23.7 Å². The molecule has 1 aliphatic rings. The molecule has 2 aromatic carbocycles. The highest BCUT2D eigenvalue weighted by molar-refractivity contribution is 6.32. The second kappa shape index (κ2) is 12.7. The van der Waals surface area contributed by atoms with Crippen LogP contribution < -0.4 is 16.4 Å². The van der Waals surface area contributed by atoms with Gasteiger partial charge in [-0.25, -0.2) is 4.39 Å². The molecule has 5 N–H and O–H groups in total. The molecule has 0 aliphatic heterocycles. The van der Waals surface area contributed by atoms with Crippen LogP contribution in [0.1, 0.15) is 49.9 Å². The van der Waals surface area contributed by atoms with Gasteiger partial charge in [-0.1, -0.05) is 17.7 Å². The van der Waals surface area contributed by atoms with E-state index in [9.17, 15) is 19.1 Å². The second-order valence-electron chi connectivity index (χ2n) is 9.11. The van der Waals surface area contributed by atoms with E-state index in [1.54, 1.807) is 25.3 Å². The van der Waals surface area contributed by atoms with Crippen LogP contribution in [0.2, 0.25) is 5.02 Å². The molecule has 1 aliphatic carbocycles. The van der Waals surface area contributed by atoms with Crippen LogP contribution in [0.5, 0.6) is 5.75 Å². The second-order valence-corrected chi connectivity index (χ2v) is 9.52. The molecule has 1 fully saturated rings. The van der Waals surface area contributed by atoms with E-state index >= 15 is 0 Å². The van der Waals surface area contributed by atoms with Crippen molar-refractivity contribution in [3.63, 3.8) is 0 Å². The number of phenols is 1. The largest absolute Gasteiger partial charge is 0.504 e. The first-order valence-electron chi connectivity index (χ1n) is 11.6. The summed E-state index contributed by atoms with van der Waals surface area (Å²) in [7, 11) is 0. The van der Waals surface area contributed by atoms with Gasteiger partial charge in [-0.15, -0.1) is 24.8 Å². The van der Waals surface area contributed by atoms with Crippen LogP contribution in [0.4, 0.5) is 10.1 Å². The number of halogens is 4. The molecule has 37 heavy (non-hydrogen) atoms. The maximum atomic E-state index is 14.1. The van der Waals surface area contributed by atoms with Crippen LogP contribution >= 0.6 is 36.4 Å². The standard InChI is InChI=1S/C26H28ClFN4O3.2ClH/c1-13(29)26(35)32-18-6-4-17(5-7-18)31-24-19-9-15(16-10-21(27)25(34)22(28)11-16)3-8-23(19)30-12-20(24)14(2)33;;/h3,8-13,17-18,34H,4-7,29H2,1-2H3,(H,30,31)(H,32,35);2*1H/t13-,17-,18-;;/m0../s1. The van der Waals surface area contributed by atoms with E-state index < -0.39 is 17.6 Å². The lowest BCUT2D eigenvalue weighted by Gasteiger charge is -2.31. The first-order valence-corrected chi connectivity index (χ1v) is 12.0. The number of carbonyl (C=O) groups is 2. The molecule has 0 bridgehead atoms. The van der Waals surface area contributed by atoms with Crippen molar-refractivity contribution in [1.29, 1.82) is 0 Å². The summed E-state index contributed by atoms with van der Waals surface area (Å²) >= 11 is 5.98. The van der Waals surface area contributed by atoms with Crippen molar-refractivity contribution in [2.24, 2.45) is 5.73 Å². The molecule has 4 rings (SSSR count). The SMILES string of the molecule is CC(=O)c1cnc2ccc(-c3cc(F)c(O)c(Cl)c3)cc2c1N[C@H]1CC[C@H](NC(=O)[C@H](C)N)CC1.Cl.Cl. The molecule has 0 radical (unpaired) electrons. The van der Waals surface area contributed by atoms with Crippen LogP contribution in [0, 0.1) is 5.82 Å². The van der Waals surface area contributed by atoms with Gasteiger partial charge < -0.3 is 21.5 Å². The number of benzene rings is 2. The number of nitrogens with one attached hydrogen (secondary N) is 2. The summed E-state index contributed by atoms with van der Waals surface area (Å²) in [5, 5.41) is 16.8. The third-order valence-electron chi connectivity index (χ3n) is 6.43. The Hall–Kier alpha value is -2.65. The highest BCUT2D eigenvalue weighted by atomic mass is 35.5. The van der Waals surface area contributed by atoms with E-state index in [4.69, 9.17) is 17.3 Å². The molecule has 11 heteroatoms. The minimum Gasteiger partial charge on any atom is -0.504 e. The van der Waals surface area contributed by atoms with Crippen molar-refractivity contribution >= 4 is 64.7 Å². The number of hydrogen-bond donors (Lipinski definition) is 4. The Kier molecular flexibility index (Phi) is 10.5. The van der Waals surface area contributed by atoms with Crippen LogP contribution in [-0.2, 0) is 4.79 Å². The minimum absolute atomic E-state index is 0. The lowest BCUT2D eigenvalue weighted by atomic mass is 9.90. The Labute approximate surface area is 232 Å². The van der Waals surface area contributed by atoms with Crippen LogP contribution in [-0.4, -0.2) is 39.9 Å². The van der Waals surface area contributed by atoms with E-state index in [1.807, 2.05) is 6.07 Å². The van der Waals surface area contributed by atoms with Crippen molar-refractivity contribution in [3.05, 3.63) is 52.9 Å². The fraction of sp³-hybridized carbons (Fsp3) is 0.346. The lowest BCUT2D eigenvalue weighted by Crippen LogP contribution is -2.46. The predicted octanol–water partition coefficient (Wildman–Crippen LogP) is 5.63. The number of ketones is 1. The van der Waals surface area contributed by atoms with Gasteiger partial charge in [-0.05, 0) is 74.9 Å². The van der Waals surface area contributed by atoms with E-state index in [1.165, 1.54) is 19.1 Å². The number of rotatable bonds is 6. The molecule has 0 saturated heterocycles. The number of aromatic hydroxyl groups is 1. The number of pyridine rings is 1. The van der Waals surface area contributed by atoms with E-state index in [-0.39, 0.29) is 53.6 Å². The number of phenolic OH excluding ortho intramolecular Hbond substituents is 1. The van der Waals surface area contributed by atoms with Gasteiger partial charge in [0.1, 0.15) is 0 Å². The number of Topliss-reactive ketones (excluding diaryl/α,β-unsaturated/α-hetero) is 1. The Morgan fingerprint density at radius 3 is 2.35 bits per heavy atom. The van der Waals surface area contributed by atoms with E-state index in [2.05, 4.69) is 15.6 Å².